The van der Waals surface area contributed by atoms with Crippen LogP contribution in [0.4, 0.5) is 0 Å². The average molecular weight is 358 g/mol. The molecule has 3 heterocycles. The summed E-state index contributed by atoms with van der Waals surface area (Å²) in [5, 5.41) is 9.04. The van der Waals surface area contributed by atoms with Crippen LogP contribution >= 0.6 is 0 Å². The van der Waals surface area contributed by atoms with Gasteiger partial charge >= 0.3 is 0 Å². The summed E-state index contributed by atoms with van der Waals surface area (Å²) in [6, 6.07) is 7.38. The highest BCUT2D eigenvalue weighted by molar-refractivity contribution is 6.00. The number of ketones is 1. The van der Waals surface area contributed by atoms with Crippen molar-refractivity contribution in [2.45, 2.75) is 31.3 Å². The predicted octanol–water partition coefficient (Wildman–Crippen LogP) is 1.33. The number of likely N-dealkylation sites (tertiary alicyclic amines) is 2. The van der Waals surface area contributed by atoms with Crippen molar-refractivity contribution < 1.29 is 19.4 Å². The number of benzene rings is 1. The van der Waals surface area contributed by atoms with E-state index in [2.05, 4.69) is 4.90 Å². The first-order chi connectivity index (χ1) is 12.6. The van der Waals surface area contributed by atoms with Crippen LogP contribution in [0.25, 0.3) is 0 Å². The van der Waals surface area contributed by atoms with Gasteiger partial charge in [-0.1, -0.05) is 12.1 Å². The van der Waals surface area contributed by atoms with Crippen molar-refractivity contribution in [1.82, 2.24) is 9.80 Å². The molecule has 140 valence electrons. The molecule has 2 fully saturated rings. The number of carbonyl (C=O) groups excluding carboxylic acids is 2. The minimum Gasteiger partial charge on any atom is -0.484 e. The lowest BCUT2D eigenvalue weighted by molar-refractivity contribution is -0.136. The Morgan fingerprint density at radius 1 is 1.23 bits per heavy atom. The number of carbonyl (C=O) groups is 2. The number of ether oxygens (including phenoxy) is 1. The van der Waals surface area contributed by atoms with E-state index in [1.807, 2.05) is 29.2 Å². The fourth-order valence-corrected chi connectivity index (χ4v) is 4.51. The van der Waals surface area contributed by atoms with Crippen LogP contribution in [-0.4, -0.2) is 71.5 Å². The molecule has 0 unspecified atom stereocenters. The van der Waals surface area contributed by atoms with Crippen molar-refractivity contribution in [3.63, 3.8) is 0 Å². The SMILES string of the molecule is O=C1C[C@@]2(CCN(C(=O)C3CCN(CCO)CC3)C2)Oc2ccccc21. The standard InChI is InChI=1S/C20H26N2O4/c23-12-11-21-8-5-15(6-9-21)19(25)22-10-7-20(14-22)13-17(24)16-3-1-2-4-18(16)26-20/h1-4,15,23H,5-14H2/t20-/m1/s1. The molecule has 4 rings (SSSR count). The third-order valence-electron chi connectivity index (χ3n) is 5.98. The van der Waals surface area contributed by atoms with E-state index in [4.69, 9.17) is 9.84 Å². The first kappa shape index (κ1) is 17.5. The second-order valence-corrected chi connectivity index (χ2v) is 7.73. The molecule has 1 aromatic rings. The van der Waals surface area contributed by atoms with E-state index in [1.54, 1.807) is 0 Å². The van der Waals surface area contributed by atoms with E-state index >= 15 is 0 Å². The summed E-state index contributed by atoms with van der Waals surface area (Å²) in [6.07, 6.45) is 2.74. The van der Waals surface area contributed by atoms with Crippen molar-refractivity contribution in [3.05, 3.63) is 29.8 Å². The maximum Gasteiger partial charge on any atom is 0.225 e. The van der Waals surface area contributed by atoms with Crippen LogP contribution in [-0.2, 0) is 4.79 Å². The zero-order valence-electron chi connectivity index (χ0n) is 15.0. The van der Waals surface area contributed by atoms with Gasteiger partial charge in [-0.25, -0.2) is 0 Å². The van der Waals surface area contributed by atoms with Crippen LogP contribution in [0, 0.1) is 5.92 Å². The Hall–Kier alpha value is -1.92. The maximum atomic E-state index is 12.9. The molecular formula is C20H26N2O4. The van der Waals surface area contributed by atoms with Crippen LogP contribution in [0.1, 0.15) is 36.0 Å². The number of amides is 1. The number of nitrogens with zero attached hydrogens (tertiary/aromatic N) is 2. The van der Waals surface area contributed by atoms with Crippen molar-refractivity contribution >= 4 is 11.7 Å². The van der Waals surface area contributed by atoms with Gasteiger partial charge < -0.3 is 19.6 Å². The Balaban J connectivity index is 1.40. The fraction of sp³-hybridized carbons (Fsp3) is 0.600. The van der Waals surface area contributed by atoms with E-state index in [-0.39, 0.29) is 24.2 Å². The van der Waals surface area contributed by atoms with Crippen LogP contribution in [0.3, 0.4) is 0 Å². The zero-order chi connectivity index (χ0) is 18.1. The van der Waals surface area contributed by atoms with E-state index < -0.39 is 5.60 Å². The molecule has 6 heteroatoms. The highest BCUT2D eigenvalue weighted by Crippen LogP contribution is 2.39. The highest BCUT2D eigenvalue weighted by atomic mass is 16.5. The normalized spacial score (nSPS) is 26.8. The van der Waals surface area contributed by atoms with Crippen LogP contribution in [0.5, 0.6) is 5.75 Å². The van der Waals surface area contributed by atoms with Gasteiger partial charge in [0.2, 0.25) is 5.91 Å². The molecule has 0 radical (unpaired) electrons. The summed E-state index contributed by atoms with van der Waals surface area (Å²) in [5.74, 6) is 1.00. The second-order valence-electron chi connectivity index (χ2n) is 7.73. The molecule has 0 bridgehead atoms. The average Bonchev–Trinajstić information content (AvgIpc) is 3.05. The third-order valence-corrected chi connectivity index (χ3v) is 5.98. The molecule has 1 aromatic carbocycles. The summed E-state index contributed by atoms with van der Waals surface area (Å²) in [5.41, 5.74) is 0.0951. The van der Waals surface area contributed by atoms with Crippen molar-refractivity contribution in [2.75, 3.05) is 39.3 Å². The van der Waals surface area contributed by atoms with Crippen LogP contribution in [0.15, 0.2) is 24.3 Å². The third kappa shape index (κ3) is 3.23. The van der Waals surface area contributed by atoms with Crippen LogP contribution < -0.4 is 4.74 Å². The number of aliphatic hydroxyl groups excluding tert-OH is 1. The van der Waals surface area contributed by atoms with E-state index in [1.165, 1.54) is 0 Å². The van der Waals surface area contributed by atoms with Gasteiger partial charge in [0.15, 0.2) is 5.78 Å². The number of hydrogen-bond donors (Lipinski definition) is 1. The van der Waals surface area contributed by atoms with Gasteiger partial charge in [-0.2, -0.15) is 0 Å². The van der Waals surface area contributed by atoms with Crippen molar-refractivity contribution in [1.29, 1.82) is 0 Å². The molecule has 3 aliphatic rings. The predicted molar refractivity (Wildman–Crippen MR) is 96.2 cm³/mol. The lowest BCUT2D eigenvalue weighted by Gasteiger charge is -2.36. The smallest absolute Gasteiger partial charge is 0.225 e. The largest absolute Gasteiger partial charge is 0.484 e. The molecule has 0 saturated carbocycles. The summed E-state index contributed by atoms with van der Waals surface area (Å²) >= 11 is 0. The molecule has 0 aromatic heterocycles. The lowest BCUT2D eigenvalue weighted by atomic mass is 9.89. The van der Waals surface area contributed by atoms with Gasteiger partial charge in [0.05, 0.1) is 25.1 Å². The Morgan fingerprint density at radius 3 is 2.77 bits per heavy atom. The van der Waals surface area contributed by atoms with Gasteiger partial charge in [0, 0.05) is 25.4 Å². The topological polar surface area (TPSA) is 70.1 Å². The Kier molecular flexibility index (Phi) is 4.71. The maximum absolute atomic E-state index is 12.9. The number of hydrogen-bond acceptors (Lipinski definition) is 5. The minimum absolute atomic E-state index is 0.0478. The number of para-hydroxylation sites is 1. The second kappa shape index (κ2) is 7.00. The van der Waals surface area contributed by atoms with E-state index in [9.17, 15) is 9.59 Å². The quantitative estimate of drug-likeness (QED) is 0.883. The van der Waals surface area contributed by atoms with E-state index in [0.29, 0.717) is 43.8 Å². The van der Waals surface area contributed by atoms with Gasteiger partial charge in [0.25, 0.3) is 0 Å². The Bertz CT molecular complexity index is 699. The highest BCUT2D eigenvalue weighted by Gasteiger charge is 2.47. The molecule has 3 aliphatic heterocycles. The number of rotatable bonds is 3. The number of β-amino-alcohol motifs (C(OH)–C–C–N with tert-alkyl or cyclic N) is 1. The Labute approximate surface area is 153 Å². The first-order valence-corrected chi connectivity index (χ1v) is 9.53. The summed E-state index contributed by atoms with van der Waals surface area (Å²) < 4.78 is 6.22. The zero-order valence-corrected chi connectivity index (χ0v) is 15.0. The van der Waals surface area contributed by atoms with E-state index in [0.717, 1.165) is 25.9 Å². The van der Waals surface area contributed by atoms with Gasteiger partial charge in [-0.3, -0.25) is 9.59 Å². The Morgan fingerprint density at radius 2 is 2.00 bits per heavy atom. The summed E-state index contributed by atoms with van der Waals surface area (Å²) in [7, 11) is 0. The van der Waals surface area contributed by atoms with Gasteiger partial charge in [0.1, 0.15) is 11.4 Å². The molecule has 1 atom stereocenters. The molecule has 1 spiro atoms. The van der Waals surface area contributed by atoms with Crippen molar-refractivity contribution in [3.8, 4) is 5.75 Å². The monoisotopic (exact) mass is 358 g/mol. The van der Waals surface area contributed by atoms with Gasteiger partial charge in [-0.15, -0.1) is 0 Å². The number of Topliss-reactive ketones (excluding diaryl/α,β-unsaturated/α-hetero) is 1. The number of fused-ring (bicyclic) bond motifs is 1. The van der Waals surface area contributed by atoms with Gasteiger partial charge in [-0.05, 0) is 38.1 Å². The number of aliphatic hydroxyl groups is 1. The minimum atomic E-state index is -0.557. The molecule has 6 nitrogen and oxygen atoms in total. The summed E-state index contributed by atoms with van der Waals surface area (Å²) in [6.45, 7) is 3.73. The fourth-order valence-electron chi connectivity index (χ4n) is 4.51. The molecule has 0 aliphatic carbocycles. The molecule has 2 saturated heterocycles. The van der Waals surface area contributed by atoms with Crippen molar-refractivity contribution in [2.24, 2.45) is 5.92 Å². The summed E-state index contributed by atoms with van der Waals surface area (Å²) in [4.78, 5) is 29.5. The lowest BCUT2D eigenvalue weighted by Crippen LogP contribution is -2.47. The molecular weight excluding hydrogens is 332 g/mol. The number of piperidine rings is 1. The van der Waals surface area contributed by atoms with Crippen LogP contribution in [0.2, 0.25) is 0 Å². The molecule has 26 heavy (non-hydrogen) atoms. The molecule has 1 N–H and O–H groups in total. The first-order valence-electron chi connectivity index (χ1n) is 9.53. The molecule has 1 amide bonds.